The summed E-state index contributed by atoms with van der Waals surface area (Å²) in [5.74, 6) is 0.495. The van der Waals surface area contributed by atoms with Crippen LogP contribution in [0.5, 0.6) is 0 Å². The fourth-order valence-corrected chi connectivity index (χ4v) is 3.41. The molecular weight excluding hydrogens is 250 g/mol. The molecule has 1 aliphatic heterocycles. The second-order valence-electron chi connectivity index (χ2n) is 3.21. The van der Waals surface area contributed by atoms with Crippen molar-refractivity contribution < 1.29 is 4.74 Å². The lowest BCUT2D eigenvalue weighted by atomic mass is 10.0. The molecule has 1 aromatic heterocycles. The summed E-state index contributed by atoms with van der Waals surface area (Å²) in [5, 5.41) is 2.08. The third-order valence-corrected chi connectivity index (χ3v) is 4.35. The molecule has 1 saturated heterocycles. The zero-order valence-corrected chi connectivity index (χ0v) is 9.61. The molecule has 4 heteroatoms. The second-order valence-corrected chi connectivity index (χ2v) is 5.01. The molecule has 2 atom stereocenters. The molecule has 1 fully saturated rings. The first-order valence-electron chi connectivity index (χ1n) is 4.37. The molecule has 0 bridgehead atoms. The summed E-state index contributed by atoms with van der Waals surface area (Å²) in [5.41, 5.74) is 5.69. The van der Waals surface area contributed by atoms with Gasteiger partial charge in [0.15, 0.2) is 0 Å². The number of thiophene rings is 1. The Morgan fingerprint density at radius 3 is 3.15 bits per heavy atom. The van der Waals surface area contributed by atoms with E-state index in [2.05, 4.69) is 27.4 Å². The first-order valence-corrected chi connectivity index (χ1v) is 6.04. The van der Waals surface area contributed by atoms with E-state index >= 15 is 0 Å². The maximum Gasteiger partial charge on any atom is 0.0968 e. The van der Waals surface area contributed by atoms with E-state index in [0.29, 0.717) is 5.92 Å². The van der Waals surface area contributed by atoms with Gasteiger partial charge in [-0.2, -0.15) is 0 Å². The number of hydrogen-bond acceptors (Lipinski definition) is 3. The Labute approximate surface area is 90.2 Å². The summed E-state index contributed by atoms with van der Waals surface area (Å²) in [6.45, 7) is 1.56. The Hall–Kier alpha value is 0.100. The van der Waals surface area contributed by atoms with Gasteiger partial charge in [0.05, 0.1) is 6.10 Å². The maximum atomic E-state index is 5.69. The van der Waals surface area contributed by atoms with Crippen LogP contribution in [-0.2, 0) is 4.74 Å². The average Bonchev–Trinajstić information content (AvgIpc) is 2.71. The van der Waals surface area contributed by atoms with Gasteiger partial charge in [-0.3, -0.25) is 0 Å². The summed E-state index contributed by atoms with van der Waals surface area (Å²) < 4.78 is 6.84. The number of halogens is 1. The second kappa shape index (κ2) is 4.09. The summed E-state index contributed by atoms with van der Waals surface area (Å²) in [7, 11) is 0. The highest BCUT2D eigenvalue weighted by molar-refractivity contribution is 9.10. The molecule has 1 aromatic rings. The van der Waals surface area contributed by atoms with Crippen molar-refractivity contribution in [1.29, 1.82) is 0 Å². The standard InChI is InChI=1S/C9H12BrNOS/c10-7-2-4-13-9(7)8-6(5-11)1-3-12-8/h2,4,6,8H,1,3,5,11H2. The van der Waals surface area contributed by atoms with Gasteiger partial charge >= 0.3 is 0 Å². The van der Waals surface area contributed by atoms with Crippen molar-refractivity contribution in [2.24, 2.45) is 11.7 Å². The number of ether oxygens (including phenoxy) is 1. The summed E-state index contributed by atoms with van der Waals surface area (Å²) in [6, 6.07) is 2.06. The minimum Gasteiger partial charge on any atom is -0.372 e. The number of nitrogens with two attached hydrogens (primary N) is 1. The van der Waals surface area contributed by atoms with Gasteiger partial charge in [-0.15, -0.1) is 11.3 Å². The third-order valence-electron chi connectivity index (χ3n) is 2.42. The van der Waals surface area contributed by atoms with Crippen molar-refractivity contribution in [1.82, 2.24) is 0 Å². The molecule has 0 amide bonds. The molecule has 2 heterocycles. The lowest BCUT2D eigenvalue weighted by Crippen LogP contribution is -2.17. The first kappa shape index (κ1) is 9.65. The van der Waals surface area contributed by atoms with Crippen molar-refractivity contribution in [2.45, 2.75) is 12.5 Å². The van der Waals surface area contributed by atoms with Crippen LogP contribution in [0.25, 0.3) is 0 Å². The molecule has 2 unspecified atom stereocenters. The van der Waals surface area contributed by atoms with Gasteiger partial charge in [-0.05, 0) is 40.3 Å². The topological polar surface area (TPSA) is 35.2 Å². The van der Waals surface area contributed by atoms with E-state index in [9.17, 15) is 0 Å². The van der Waals surface area contributed by atoms with Crippen LogP contribution < -0.4 is 5.73 Å². The van der Waals surface area contributed by atoms with Gasteiger partial charge in [-0.1, -0.05) is 0 Å². The van der Waals surface area contributed by atoms with E-state index in [1.807, 2.05) is 0 Å². The molecule has 2 rings (SSSR count). The lowest BCUT2D eigenvalue weighted by Gasteiger charge is -2.15. The zero-order valence-electron chi connectivity index (χ0n) is 7.20. The third kappa shape index (κ3) is 1.81. The molecule has 0 aliphatic carbocycles. The monoisotopic (exact) mass is 261 g/mol. The van der Waals surface area contributed by atoms with E-state index in [1.54, 1.807) is 11.3 Å². The fraction of sp³-hybridized carbons (Fsp3) is 0.556. The largest absolute Gasteiger partial charge is 0.372 e. The number of hydrogen-bond donors (Lipinski definition) is 1. The van der Waals surface area contributed by atoms with Crippen LogP contribution in [-0.4, -0.2) is 13.2 Å². The smallest absolute Gasteiger partial charge is 0.0968 e. The van der Waals surface area contributed by atoms with E-state index in [1.165, 1.54) is 4.88 Å². The fourth-order valence-electron chi connectivity index (χ4n) is 1.67. The van der Waals surface area contributed by atoms with Crippen molar-refractivity contribution in [2.75, 3.05) is 13.2 Å². The van der Waals surface area contributed by atoms with Crippen molar-refractivity contribution in [3.8, 4) is 0 Å². The van der Waals surface area contributed by atoms with Gasteiger partial charge < -0.3 is 10.5 Å². The van der Waals surface area contributed by atoms with Crippen LogP contribution in [0.3, 0.4) is 0 Å². The van der Waals surface area contributed by atoms with Gasteiger partial charge in [-0.25, -0.2) is 0 Å². The quantitative estimate of drug-likeness (QED) is 0.889. The molecular formula is C9H12BrNOS. The minimum atomic E-state index is 0.222. The summed E-state index contributed by atoms with van der Waals surface area (Å²) in [6.07, 6.45) is 1.31. The van der Waals surface area contributed by atoms with Crippen LogP contribution in [0.15, 0.2) is 15.9 Å². The Morgan fingerprint density at radius 2 is 2.54 bits per heavy atom. The van der Waals surface area contributed by atoms with Crippen LogP contribution in [0.2, 0.25) is 0 Å². The Balaban J connectivity index is 2.20. The molecule has 0 spiro atoms. The zero-order chi connectivity index (χ0) is 9.26. The molecule has 0 aromatic carbocycles. The minimum absolute atomic E-state index is 0.222. The Bertz CT molecular complexity index is 289. The average molecular weight is 262 g/mol. The van der Waals surface area contributed by atoms with Gasteiger partial charge in [0.1, 0.15) is 0 Å². The van der Waals surface area contributed by atoms with Crippen molar-refractivity contribution in [3.63, 3.8) is 0 Å². The SMILES string of the molecule is NCC1CCOC1c1sccc1Br. The predicted octanol–water partition coefficient (Wildman–Crippen LogP) is 2.55. The summed E-state index contributed by atoms with van der Waals surface area (Å²) >= 11 is 5.26. The van der Waals surface area contributed by atoms with E-state index in [0.717, 1.165) is 24.0 Å². The van der Waals surface area contributed by atoms with E-state index in [-0.39, 0.29) is 6.10 Å². The molecule has 0 radical (unpaired) electrons. The van der Waals surface area contributed by atoms with E-state index in [4.69, 9.17) is 10.5 Å². The Kier molecular flexibility index (Phi) is 3.03. The van der Waals surface area contributed by atoms with Gasteiger partial charge in [0.25, 0.3) is 0 Å². The Morgan fingerprint density at radius 1 is 1.69 bits per heavy atom. The van der Waals surface area contributed by atoms with Crippen LogP contribution >= 0.6 is 27.3 Å². The highest BCUT2D eigenvalue weighted by atomic mass is 79.9. The molecule has 2 N–H and O–H groups in total. The highest BCUT2D eigenvalue weighted by Crippen LogP contribution is 2.40. The van der Waals surface area contributed by atoms with Gasteiger partial charge in [0, 0.05) is 21.9 Å². The molecule has 72 valence electrons. The molecule has 0 saturated carbocycles. The molecule has 13 heavy (non-hydrogen) atoms. The summed E-state index contributed by atoms with van der Waals surface area (Å²) in [4.78, 5) is 1.29. The molecule has 2 nitrogen and oxygen atoms in total. The van der Waals surface area contributed by atoms with Crippen LogP contribution in [0.4, 0.5) is 0 Å². The first-order chi connectivity index (χ1) is 6.33. The normalized spacial score (nSPS) is 28.2. The van der Waals surface area contributed by atoms with E-state index < -0.39 is 0 Å². The van der Waals surface area contributed by atoms with Crippen molar-refractivity contribution >= 4 is 27.3 Å². The predicted molar refractivity (Wildman–Crippen MR) is 57.9 cm³/mol. The van der Waals surface area contributed by atoms with Crippen molar-refractivity contribution in [3.05, 3.63) is 20.8 Å². The van der Waals surface area contributed by atoms with Gasteiger partial charge in [0.2, 0.25) is 0 Å². The molecule has 1 aliphatic rings. The van der Waals surface area contributed by atoms with Crippen LogP contribution in [0, 0.1) is 5.92 Å². The maximum absolute atomic E-state index is 5.69. The van der Waals surface area contributed by atoms with Crippen LogP contribution in [0.1, 0.15) is 17.4 Å². The number of rotatable bonds is 2. The highest BCUT2D eigenvalue weighted by Gasteiger charge is 2.30. The lowest BCUT2D eigenvalue weighted by molar-refractivity contribution is 0.0948.